The summed E-state index contributed by atoms with van der Waals surface area (Å²) in [4.78, 5) is 12.0. The van der Waals surface area contributed by atoms with Crippen LogP contribution in [0.15, 0.2) is 30.4 Å². The molecule has 3 atom stereocenters. The van der Waals surface area contributed by atoms with Gasteiger partial charge in [0.2, 0.25) is 0 Å². The molecule has 2 aliphatic rings. The summed E-state index contributed by atoms with van der Waals surface area (Å²) in [6.07, 6.45) is 4.94. The van der Waals surface area contributed by atoms with E-state index in [-0.39, 0.29) is 29.7 Å². The number of benzene rings is 1. The van der Waals surface area contributed by atoms with Gasteiger partial charge in [0.15, 0.2) is 0 Å². The molecule has 0 radical (unpaired) electrons. The van der Waals surface area contributed by atoms with Gasteiger partial charge in [0.1, 0.15) is 11.9 Å². The van der Waals surface area contributed by atoms with Crippen LogP contribution in [-0.4, -0.2) is 18.6 Å². The second kappa shape index (κ2) is 4.68. The highest BCUT2D eigenvalue weighted by molar-refractivity contribution is 5.82. The van der Waals surface area contributed by atoms with Crippen LogP contribution in [0.4, 0.5) is 10.1 Å². The lowest BCUT2D eigenvalue weighted by Gasteiger charge is -2.35. The molecule has 0 saturated heterocycles. The molecule has 0 unspecified atom stereocenters. The molecule has 1 aromatic rings. The van der Waals surface area contributed by atoms with Gasteiger partial charge < -0.3 is 10.1 Å². The van der Waals surface area contributed by atoms with Gasteiger partial charge in [-0.25, -0.2) is 9.18 Å². The van der Waals surface area contributed by atoms with E-state index in [1.54, 1.807) is 19.1 Å². The number of carbonyl (C=O) groups is 1. The third-order valence-corrected chi connectivity index (χ3v) is 3.87. The zero-order valence-electron chi connectivity index (χ0n) is 10.7. The monoisotopic (exact) mass is 261 g/mol. The summed E-state index contributed by atoms with van der Waals surface area (Å²) in [5.74, 6) is -0.250. The Morgan fingerprint density at radius 2 is 2.37 bits per heavy atom. The van der Waals surface area contributed by atoms with Crippen molar-refractivity contribution in [2.24, 2.45) is 5.92 Å². The van der Waals surface area contributed by atoms with Gasteiger partial charge in [-0.15, -0.1) is 0 Å². The molecule has 0 bridgehead atoms. The van der Waals surface area contributed by atoms with Gasteiger partial charge >= 0.3 is 5.97 Å². The number of anilines is 1. The fourth-order valence-corrected chi connectivity index (χ4v) is 3.03. The lowest BCUT2D eigenvalue weighted by molar-refractivity contribution is -0.145. The van der Waals surface area contributed by atoms with Crippen LogP contribution in [0.2, 0.25) is 0 Å². The number of carbonyl (C=O) groups excluding carboxylic acids is 1. The Bertz CT molecular complexity index is 541. The summed E-state index contributed by atoms with van der Waals surface area (Å²) < 4.78 is 18.5. The standard InChI is InChI=1S/C15H16FNO2/c1-2-19-15(18)14-11-5-3-4-10(11)12-8-9(16)6-7-13(12)17-14/h3-4,6-8,10-11,14,17H,2,5H2,1H3/t10-,11-,14+/m0/s1. The first-order chi connectivity index (χ1) is 9.20. The van der Waals surface area contributed by atoms with Crippen LogP contribution in [0, 0.1) is 11.7 Å². The highest BCUT2D eigenvalue weighted by Crippen LogP contribution is 2.44. The Hall–Kier alpha value is -1.84. The quantitative estimate of drug-likeness (QED) is 0.657. The minimum Gasteiger partial charge on any atom is -0.464 e. The molecular weight excluding hydrogens is 245 g/mol. The maximum atomic E-state index is 13.4. The van der Waals surface area contributed by atoms with Crippen molar-refractivity contribution < 1.29 is 13.9 Å². The molecule has 1 heterocycles. The fourth-order valence-electron chi connectivity index (χ4n) is 3.03. The Morgan fingerprint density at radius 3 is 3.16 bits per heavy atom. The molecule has 4 heteroatoms. The van der Waals surface area contributed by atoms with Gasteiger partial charge in [-0.05, 0) is 37.1 Å². The summed E-state index contributed by atoms with van der Waals surface area (Å²) in [5, 5.41) is 3.20. The number of nitrogens with one attached hydrogen (secondary N) is 1. The third kappa shape index (κ3) is 2.01. The number of halogens is 1. The first-order valence-corrected chi connectivity index (χ1v) is 6.60. The Labute approximate surface area is 111 Å². The van der Waals surface area contributed by atoms with Gasteiger partial charge in [-0.2, -0.15) is 0 Å². The van der Waals surface area contributed by atoms with Crippen LogP contribution >= 0.6 is 0 Å². The van der Waals surface area contributed by atoms with Crippen LogP contribution in [0.25, 0.3) is 0 Å². The van der Waals surface area contributed by atoms with E-state index in [9.17, 15) is 9.18 Å². The minimum absolute atomic E-state index is 0.0985. The molecule has 0 spiro atoms. The van der Waals surface area contributed by atoms with Crippen LogP contribution in [0.5, 0.6) is 0 Å². The summed E-state index contributed by atoms with van der Waals surface area (Å²) >= 11 is 0. The average Bonchev–Trinajstić information content (AvgIpc) is 2.87. The van der Waals surface area contributed by atoms with Gasteiger partial charge in [0, 0.05) is 17.5 Å². The maximum absolute atomic E-state index is 13.4. The molecule has 0 fully saturated rings. The molecule has 0 amide bonds. The molecule has 19 heavy (non-hydrogen) atoms. The Balaban J connectivity index is 1.97. The number of hydrogen-bond acceptors (Lipinski definition) is 3. The van der Waals surface area contributed by atoms with Gasteiger partial charge in [-0.1, -0.05) is 12.2 Å². The van der Waals surface area contributed by atoms with E-state index in [0.717, 1.165) is 17.7 Å². The summed E-state index contributed by atoms with van der Waals surface area (Å²) in [7, 11) is 0. The number of fused-ring (bicyclic) bond motifs is 3. The second-order valence-electron chi connectivity index (χ2n) is 4.96. The topological polar surface area (TPSA) is 38.3 Å². The highest BCUT2D eigenvalue weighted by atomic mass is 19.1. The van der Waals surface area contributed by atoms with Crippen molar-refractivity contribution >= 4 is 11.7 Å². The third-order valence-electron chi connectivity index (χ3n) is 3.87. The molecular formula is C15H16FNO2. The molecule has 3 nitrogen and oxygen atoms in total. The van der Waals surface area contributed by atoms with E-state index >= 15 is 0 Å². The largest absolute Gasteiger partial charge is 0.464 e. The molecule has 0 saturated carbocycles. The van der Waals surface area contributed by atoms with E-state index < -0.39 is 0 Å². The molecule has 1 aliphatic heterocycles. The normalized spacial score (nSPS) is 27.4. The Kier molecular flexibility index (Phi) is 3.01. The summed E-state index contributed by atoms with van der Waals surface area (Å²) in [6, 6.07) is 4.31. The fraction of sp³-hybridized carbons (Fsp3) is 0.400. The molecule has 0 aromatic heterocycles. The SMILES string of the molecule is CCOC(=O)[C@@H]1Nc2ccc(F)cc2[C@H]2C=CC[C@@H]21. The maximum Gasteiger partial charge on any atom is 0.328 e. The van der Waals surface area contributed by atoms with E-state index in [1.165, 1.54) is 6.07 Å². The zero-order chi connectivity index (χ0) is 13.4. The average molecular weight is 261 g/mol. The van der Waals surface area contributed by atoms with E-state index in [1.807, 2.05) is 0 Å². The Morgan fingerprint density at radius 1 is 1.53 bits per heavy atom. The zero-order valence-corrected chi connectivity index (χ0v) is 10.7. The lowest BCUT2D eigenvalue weighted by Crippen LogP contribution is -2.43. The first-order valence-electron chi connectivity index (χ1n) is 6.60. The number of ether oxygens (including phenoxy) is 1. The number of allylic oxidation sites excluding steroid dienone is 2. The molecule has 1 aliphatic carbocycles. The highest BCUT2D eigenvalue weighted by Gasteiger charge is 2.41. The lowest BCUT2D eigenvalue weighted by atomic mass is 9.79. The van der Waals surface area contributed by atoms with Gasteiger partial charge in [-0.3, -0.25) is 0 Å². The number of esters is 1. The number of rotatable bonds is 2. The van der Waals surface area contributed by atoms with Gasteiger partial charge in [0.25, 0.3) is 0 Å². The van der Waals surface area contributed by atoms with Crippen LogP contribution in [-0.2, 0) is 9.53 Å². The van der Waals surface area contributed by atoms with Crippen molar-refractivity contribution in [2.45, 2.75) is 25.3 Å². The second-order valence-corrected chi connectivity index (χ2v) is 4.96. The van der Waals surface area contributed by atoms with Crippen molar-refractivity contribution in [2.75, 3.05) is 11.9 Å². The molecule has 1 aromatic carbocycles. The minimum atomic E-state index is -0.349. The van der Waals surface area contributed by atoms with Gasteiger partial charge in [0.05, 0.1) is 6.61 Å². The predicted octanol–water partition coefficient (Wildman–Crippen LogP) is 2.84. The first kappa shape index (κ1) is 12.2. The van der Waals surface area contributed by atoms with Crippen molar-refractivity contribution in [3.8, 4) is 0 Å². The van der Waals surface area contributed by atoms with Crippen molar-refractivity contribution in [3.63, 3.8) is 0 Å². The number of hydrogen-bond donors (Lipinski definition) is 1. The van der Waals surface area contributed by atoms with Crippen molar-refractivity contribution in [1.82, 2.24) is 0 Å². The van der Waals surface area contributed by atoms with Crippen LogP contribution in [0.1, 0.15) is 24.8 Å². The smallest absolute Gasteiger partial charge is 0.328 e. The van der Waals surface area contributed by atoms with Crippen molar-refractivity contribution in [1.29, 1.82) is 0 Å². The summed E-state index contributed by atoms with van der Waals surface area (Å²) in [6.45, 7) is 2.17. The molecule has 3 rings (SSSR count). The molecule has 1 N–H and O–H groups in total. The summed E-state index contributed by atoms with van der Waals surface area (Å²) in [5.41, 5.74) is 1.76. The van der Waals surface area contributed by atoms with E-state index in [4.69, 9.17) is 4.74 Å². The molecule has 100 valence electrons. The van der Waals surface area contributed by atoms with Crippen molar-refractivity contribution in [3.05, 3.63) is 41.7 Å². The van der Waals surface area contributed by atoms with Crippen LogP contribution in [0.3, 0.4) is 0 Å². The van der Waals surface area contributed by atoms with Crippen LogP contribution < -0.4 is 5.32 Å². The van der Waals surface area contributed by atoms with E-state index in [0.29, 0.717) is 6.61 Å². The van der Waals surface area contributed by atoms with E-state index in [2.05, 4.69) is 17.5 Å². The predicted molar refractivity (Wildman–Crippen MR) is 70.4 cm³/mol.